The number of hydrogen-bond donors (Lipinski definition) is 0. The van der Waals surface area contributed by atoms with E-state index in [2.05, 4.69) is 0 Å². The molecule has 5 nitrogen and oxygen atoms in total. The molecule has 6 heteroatoms. The first-order valence-electron chi connectivity index (χ1n) is 6.48. The van der Waals surface area contributed by atoms with Crippen LogP contribution in [0.3, 0.4) is 0 Å². The standard InChI is InChI=1S/C16H14N2O3S/c1-22(20,21)18(15-10-6-5-9-14(15)11-17)12-16(19)13-7-3-2-4-8-13/h2-10H,12H2,1H3. The van der Waals surface area contributed by atoms with Gasteiger partial charge >= 0.3 is 0 Å². The molecule has 0 bridgehead atoms. The van der Waals surface area contributed by atoms with Crippen LogP contribution in [0.4, 0.5) is 5.69 Å². The fourth-order valence-corrected chi connectivity index (χ4v) is 2.88. The third-order valence-corrected chi connectivity index (χ3v) is 4.20. The molecule has 0 atom stereocenters. The van der Waals surface area contributed by atoms with Crippen LogP contribution in [0.25, 0.3) is 0 Å². The van der Waals surface area contributed by atoms with Crippen LogP contribution in [0.15, 0.2) is 54.6 Å². The number of carbonyl (C=O) groups is 1. The smallest absolute Gasteiger partial charge is 0.232 e. The topological polar surface area (TPSA) is 78.2 Å². The van der Waals surface area contributed by atoms with Crippen molar-refractivity contribution in [3.63, 3.8) is 0 Å². The molecule has 0 amide bonds. The van der Waals surface area contributed by atoms with E-state index in [9.17, 15) is 13.2 Å². The number of Topliss-reactive ketones (excluding diaryl/α,β-unsaturated/α-hetero) is 1. The number of rotatable bonds is 5. The summed E-state index contributed by atoms with van der Waals surface area (Å²) in [6, 6.07) is 16.7. The summed E-state index contributed by atoms with van der Waals surface area (Å²) in [4.78, 5) is 12.3. The Kier molecular flexibility index (Phi) is 4.59. The second kappa shape index (κ2) is 6.41. The van der Waals surface area contributed by atoms with Gasteiger partial charge in [-0.25, -0.2) is 8.42 Å². The highest BCUT2D eigenvalue weighted by atomic mass is 32.2. The second-order valence-corrected chi connectivity index (χ2v) is 6.59. The third-order valence-electron chi connectivity index (χ3n) is 3.08. The summed E-state index contributed by atoms with van der Waals surface area (Å²) < 4.78 is 25.0. The highest BCUT2D eigenvalue weighted by Gasteiger charge is 2.23. The van der Waals surface area contributed by atoms with E-state index in [4.69, 9.17) is 5.26 Å². The summed E-state index contributed by atoms with van der Waals surface area (Å²) in [6.07, 6.45) is 1.01. The van der Waals surface area contributed by atoms with Crippen molar-refractivity contribution < 1.29 is 13.2 Å². The van der Waals surface area contributed by atoms with Crippen LogP contribution in [0, 0.1) is 11.3 Å². The zero-order chi connectivity index (χ0) is 16.2. The molecule has 0 aromatic heterocycles. The van der Waals surface area contributed by atoms with Gasteiger partial charge in [0.05, 0.1) is 24.1 Å². The largest absolute Gasteiger partial charge is 0.292 e. The van der Waals surface area contributed by atoms with Crippen LogP contribution in [0.2, 0.25) is 0 Å². The quantitative estimate of drug-likeness (QED) is 0.793. The fourth-order valence-electron chi connectivity index (χ4n) is 2.01. The molecule has 0 saturated heterocycles. The Hall–Kier alpha value is -2.65. The van der Waals surface area contributed by atoms with Crippen molar-refractivity contribution >= 4 is 21.5 Å². The molecular weight excluding hydrogens is 300 g/mol. The van der Waals surface area contributed by atoms with E-state index < -0.39 is 10.0 Å². The average molecular weight is 314 g/mol. The minimum atomic E-state index is -3.69. The molecule has 0 aliphatic rings. The van der Waals surface area contributed by atoms with Crippen molar-refractivity contribution in [1.29, 1.82) is 5.26 Å². The normalized spacial score (nSPS) is 10.7. The van der Waals surface area contributed by atoms with E-state index in [1.54, 1.807) is 42.5 Å². The Labute approximate surface area is 129 Å². The number of para-hydroxylation sites is 1. The van der Waals surface area contributed by atoms with E-state index in [1.807, 2.05) is 6.07 Å². The minimum Gasteiger partial charge on any atom is -0.292 e. The Bertz CT molecular complexity index is 824. The van der Waals surface area contributed by atoms with Crippen LogP contribution < -0.4 is 4.31 Å². The molecule has 2 aromatic carbocycles. The number of nitrogens with zero attached hydrogens (tertiary/aromatic N) is 2. The summed E-state index contributed by atoms with van der Waals surface area (Å²) in [6.45, 7) is -0.346. The number of sulfonamides is 1. The van der Waals surface area contributed by atoms with Gasteiger partial charge in [-0.3, -0.25) is 9.10 Å². The predicted octanol–water partition coefficient (Wildman–Crippen LogP) is 2.21. The van der Waals surface area contributed by atoms with Crippen molar-refractivity contribution in [3.05, 3.63) is 65.7 Å². The molecule has 0 N–H and O–H groups in total. The van der Waals surface area contributed by atoms with Gasteiger partial charge in [0.2, 0.25) is 10.0 Å². The predicted molar refractivity (Wildman–Crippen MR) is 84.1 cm³/mol. The lowest BCUT2D eigenvalue weighted by Crippen LogP contribution is -2.35. The monoisotopic (exact) mass is 314 g/mol. The molecule has 0 saturated carbocycles. The van der Waals surface area contributed by atoms with Crippen molar-refractivity contribution in [2.24, 2.45) is 0 Å². The lowest BCUT2D eigenvalue weighted by Gasteiger charge is -2.22. The van der Waals surface area contributed by atoms with Gasteiger partial charge in [0.1, 0.15) is 6.07 Å². The van der Waals surface area contributed by atoms with Crippen molar-refractivity contribution in [2.45, 2.75) is 0 Å². The first-order chi connectivity index (χ1) is 10.4. The molecule has 22 heavy (non-hydrogen) atoms. The highest BCUT2D eigenvalue weighted by molar-refractivity contribution is 7.92. The number of anilines is 1. The van der Waals surface area contributed by atoms with E-state index in [-0.39, 0.29) is 23.6 Å². The second-order valence-electron chi connectivity index (χ2n) is 4.69. The first kappa shape index (κ1) is 15.7. The Morgan fingerprint density at radius 3 is 2.27 bits per heavy atom. The fraction of sp³-hybridized carbons (Fsp3) is 0.125. The molecular formula is C16H14N2O3S. The van der Waals surface area contributed by atoms with Crippen molar-refractivity contribution in [2.75, 3.05) is 17.1 Å². The van der Waals surface area contributed by atoms with Crippen LogP contribution in [-0.2, 0) is 10.0 Å². The third kappa shape index (κ3) is 3.51. The number of nitriles is 1. The van der Waals surface area contributed by atoms with E-state index in [0.717, 1.165) is 10.6 Å². The molecule has 112 valence electrons. The van der Waals surface area contributed by atoms with Crippen LogP contribution in [0.5, 0.6) is 0 Å². The van der Waals surface area contributed by atoms with Crippen molar-refractivity contribution in [3.8, 4) is 6.07 Å². The van der Waals surface area contributed by atoms with E-state index in [1.165, 1.54) is 12.1 Å². The van der Waals surface area contributed by atoms with Gasteiger partial charge in [0.15, 0.2) is 5.78 Å². The van der Waals surface area contributed by atoms with E-state index >= 15 is 0 Å². The average Bonchev–Trinajstić information content (AvgIpc) is 2.52. The molecule has 0 radical (unpaired) electrons. The number of hydrogen-bond acceptors (Lipinski definition) is 4. The maximum Gasteiger partial charge on any atom is 0.232 e. The summed E-state index contributed by atoms with van der Waals surface area (Å²) in [7, 11) is -3.69. The highest BCUT2D eigenvalue weighted by Crippen LogP contribution is 2.22. The van der Waals surface area contributed by atoms with Gasteiger partial charge in [-0.2, -0.15) is 5.26 Å². The molecule has 0 heterocycles. The summed E-state index contributed by atoms with van der Waals surface area (Å²) >= 11 is 0. The molecule has 0 unspecified atom stereocenters. The molecule has 0 spiro atoms. The minimum absolute atomic E-state index is 0.203. The Balaban J connectivity index is 2.41. The Morgan fingerprint density at radius 2 is 1.68 bits per heavy atom. The van der Waals surface area contributed by atoms with Crippen LogP contribution in [0.1, 0.15) is 15.9 Å². The Morgan fingerprint density at radius 1 is 1.09 bits per heavy atom. The van der Waals surface area contributed by atoms with Gasteiger partial charge < -0.3 is 0 Å². The summed E-state index contributed by atoms with van der Waals surface area (Å²) in [5.74, 6) is -0.334. The van der Waals surface area contributed by atoms with Gasteiger partial charge in [-0.05, 0) is 12.1 Å². The molecule has 2 rings (SSSR count). The lowest BCUT2D eigenvalue weighted by atomic mass is 10.1. The molecule has 0 fully saturated rings. The van der Waals surface area contributed by atoms with Gasteiger partial charge in [-0.1, -0.05) is 42.5 Å². The SMILES string of the molecule is CS(=O)(=O)N(CC(=O)c1ccccc1)c1ccccc1C#N. The molecule has 0 aliphatic heterocycles. The molecule has 0 aliphatic carbocycles. The maximum atomic E-state index is 12.3. The zero-order valence-corrected chi connectivity index (χ0v) is 12.7. The van der Waals surface area contributed by atoms with Crippen LogP contribution in [-0.4, -0.2) is 27.0 Å². The van der Waals surface area contributed by atoms with Crippen LogP contribution >= 0.6 is 0 Å². The molecule has 2 aromatic rings. The van der Waals surface area contributed by atoms with Crippen molar-refractivity contribution in [1.82, 2.24) is 0 Å². The van der Waals surface area contributed by atoms with Gasteiger partial charge in [0.25, 0.3) is 0 Å². The lowest BCUT2D eigenvalue weighted by molar-refractivity contribution is 0.100. The van der Waals surface area contributed by atoms with E-state index in [0.29, 0.717) is 5.56 Å². The maximum absolute atomic E-state index is 12.3. The number of carbonyl (C=O) groups excluding carboxylic acids is 1. The van der Waals surface area contributed by atoms with Gasteiger partial charge in [-0.15, -0.1) is 0 Å². The van der Waals surface area contributed by atoms with Gasteiger partial charge in [0, 0.05) is 5.56 Å². The number of ketones is 1. The summed E-state index contributed by atoms with van der Waals surface area (Å²) in [5, 5.41) is 9.13. The number of benzene rings is 2. The summed E-state index contributed by atoms with van der Waals surface area (Å²) in [5.41, 5.74) is 0.830. The first-order valence-corrected chi connectivity index (χ1v) is 8.33. The zero-order valence-electron chi connectivity index (χ0n) is 11.9.